The number of aromatic nitrogens is 1. The summed E-state index contributed by atoms with van der Waals surface area (Å²) in [4.78, 5) is 3.89. The SMILES string of the molecule is Cc1cc(Cl)cc2c(N)cc(C(F)F)nc12. The molecule has 2 aromatic rings. The van der Waals surface area contributed by atoms with Crippen molar-refractivity contribution in [2.75, 3.05) is 5.73 Å². The molecular formula is C11H9ClF2N2. The Hall–Kier alpha value is -1.42. The largest absolute Gasteiger partial charge is 0.398 e. The van der Waals surface area contributed by atoms with Gasteiger partial charge in [-0.2, -0.15) is 0 Å². The smallest absolute Gasteiger partial charge is 0.280 e. The summed E-state index contributed by atoms with van der Waals surface area (Å²) in [7, 11) is 0. The van der Waals surface area contributed by atoms with E-state index < -0.39 is 6.43 Å². The van der Waals surface area contributed by atoms with Crippen LogP contribution in [0.2, 0.25) is 5.02 Å². The van der Waals surface area contributed by atoms with Gasteiger partial charge in [0.05, 0.1) is 5.52 Å². The number of rotatable bonds is 1. The lowest BCUT2D eigenvalue weighted by molar-refractivity contribution is 0.146. The first-order valence-corrected chi connectivity index (χ1v) is 5.01. The molecule has 0 atom stereocenters. The number of nitrogen functional groups attached to an aromatic ring is 1. The molecule has 0 fully saturated rings. The lowest BCUT2D eigenvalue weighted by Gasteiger charge is -2.08. The third-order valence-corrected chi connectivity index (χ3v) is 2.56. The highest BCUT2D eigenvalue weighted by Gasteiger charge is 2.13. The Labute approximate surface area is 96.0 Å². The van der Waals surface area contributed by atoms with Crippen LogP contribution in [0.1, 0.15) is 17.7 Å². The van der Waals surface area contributed by atoms with Gasteiger partial charge in [-0.3, -0.25) is 0 Å². The van der Waals surface area contributed by atoms with Crippen LogP contribution in [0.5, 0.6) is 0 Å². The van der Waals surface area contributed by atoms with Gasteiger partial charge < -0.3 is 5.73 Å². The van der Waals surface area contributed by atoms with E-state index in [1.165, 1.54) is 6.07 Å². The summed E-state index contributed by atoms with van der Waals surface area (Å²) in [5, 5.41) is 1.12. The number of fused-ring (bicyclic) bond motifs is 1. The molecule has 0 amide bonds. The fourth-order valence-electron chi connectivity index (χ4n) is 1.61. The number of hydrogen-bond acceptors (Lipinski definition) is 2. The van der Waals surface area contributed by atoms with E-state index in [1.807, 2.05) is 0 Å². The Bertz CT molecular complexity index is 555. The molecule has 0 saturated carbocycles. The highest BCUT2D eigenvalue weighted by molar-refractivity contribution is 6.31. The van der Waals surface area contributed by atoms with Crippen LogP contribution >= 0.6 is 11.6 Å². The monoisotopic (exact) mass is 242 g/mol. The molecule has 1 heterocycles. The number of benzene rings is 1. The molecule has 0 aliphatic rings. The second-order valence-corrected chi connectivity index (χ2v) is 3.99. The lowest BCUT2D eigenvalue weighted by atomic mass is 10.1. The molecule has 84 valence electrons. The van der Waals surface area contributed by atoms with Gasteiger partial charge in [0, 0.05) is 16.1 Å². The maximum absolute atomic E-state index is 12.5. The Morgan fingerprint density at radius 2 is 2.00 bits per heavy atom. The molecule has 0 aliphatic carbocycles. The Morgan fingerprint density at radius 3 is 2.62 bits per heavy atom. The standard InChI is InChI=1S/C11H9ClF2N2/c1-5-2-6(12)3-7-8(15)4-9(11(13)14)16-10(5)7/h2-4,11H,1H3,(H2,15,16). The number of anilines is 1. The van der Waals surface area contributed by atoms with Crippen LogP contribution in [-0.4, -0.2) is 4.98 Å². The molecule has 2 N–H and O–H groups in total. The van der Waals surface area contributed by atoms with Gasteiger partial charge in [-0.05, 0) is 30.7 Å². The van der Waals surface area contributed by atoms with Crippen LogP contribution < -0.4 is 5.73 Å². The highest BCUT2D eigenvalue weighted by atomic mass is 35.5. The first kappa shape index (κ1) is 11.1. The molecule has 2 rings (SSSR count). The van der Waals surface area contributed by atoms with E-state index in [1.54, 1.807) is 19.1 Å². The molecule has 0 bridgehead atoms. The molecular weight excluding hydrogens is 234 g/mol. The summed E-state index contributed by atoms with van der Waals surface area (Å²) in [6.45, 7) is 1.76. The number of pyridine rings is 1. The minimum Gasteiger partial charge on any atom is -0.398 e. The maximum atomic E-state index is 12.5. The van der Waals surface area contributed by atoms with Crippen molar-refractivity contribution in [1.29, 1.82) is 0 Å². The van der Waals surface area contributed by atoms with E-state index in [-0.39, 0.29) is 11.4 Å². The van der Waals surface area contributed by atoms with Crippen LogP contribution in [-0.2, 0) is 0 Å². The summed E-state index contributed by atoms with van der Waals surface area (Å²) < 4.78 is 25.1. The van der Waals surface area contributed by atoms with Crippen molar-refractivity contribution in [1.82, 2.24) is 4.98 Å². The Kier molecular flexibility index (Phi) is 2.68. The number of aryl methyl sites for hydroxylation is 1. The fourth-order valence-corrected chi connectivity index (χ4v) is 1.89. The molecule has 0 saturated heterocycles. The Balaban J connectivity index is 2.82. The predicted octanol–water partition coefficient (Wildman–Crippen LogP) is 3.72. The van der Waals surface area contributed by atoms with Crippen molar-refractivity contribution in [2.24, 2.45) is 0 Å². The summed E-state index contributed by atoms with van der Waals surface area (Å²) in [5.74, 6) is 0. The molecule has 1 aromatic heterocycles. The molecule has 0 unspecified atom stereocenters. The third kappa shape index (κ3) is 1.80. The van der Waals surface area contributed by atoms with Gasteiger partial charge in [0.25, 0.3) is 6.43 Å². The first-order valence-electron chi connectivity index (χ1n) is 4.63. The topological polar surface area (TPSA) is 38.9 Å². The molecule has 0 spiro atoms. The number of hydrogen-bond donors (Lipinski definition) is 1. The molecule has 1 aromatic carbocycles. The molecule has 0 radical (unpaired) electrons. The predicted molar refractivity (Wildman–Crippen MR) is 60.9 cm³/mol. The van der Waals surface area contributed by atoms with Gasteiger partial charge in [-0.15, -0.1) is 0 Å². The van der Waals surface area contributed by atoms with Crippen molar-refractivity contribution in [3.8, 4) is 0 Å². The van der Waals surface area contributed by atoms with Crippen molar-refractivity contribution in [2.45, 2.75) is 13.3 Å². The summed E-state index contributed by atoms with van der Waals surface area (Å²) in [6.07, 6.45) is -2.62. The zero-order valence-corrected chi connectivity index (χ0v) is 9.22. The molecule has 16 heavy (non-hydrogen) atoms. The number of halogens is 3. The average Bonchev–Trinajstić information content (AvgIpc) is 2.19. The van der Waals surface area contributed by atoms with E-state index in [9.17, 15) is 8.78 Å². The minimum absolute atomic E-state index is 0.269. The van der Waals surface area contributed by atoms with Crippen LogP contribution in [0.4, 0.5) is 14.5 Å². The van der Waals surface area contributed by atoms with Crippen molar-refractivity contribution in [3.05, 3.63) is 34.5 Å². The quantitative estimate of drug-likeness (QED) is 0.828. The van der Waals surface area contributed by atoms with Gasteiger partial charge in [0.2, 0.25) is 0 Å². The van der Waals surface area contributed by atoms with Crippen LogP contribution in [0, 0.1) is 6.92 Å². The normalized spacial score (nSPS) is 11.3. The average molecular weight is 243 g/mol. The molecule has 5 heteroatoms. The van der Waals surface area contributed by atoms with Crippen LogP contribution in [0.3, 0.4) is 0 Å². The van der Waals surface area contributed by atoms with Gasteiger partial charge >= 0.3 is 0 Å². The number of nitrogens with two attached hydrogens (primary N) is 1. The summed E-state index contributed by atoms with van der Waals surface area (Å²) in [5.41, 5.74) is 6.87. The fraction of sp³-hybridized carbons (Fsp3) is 0.182. The van der Waals surface area contributed by atoms with Crippen LogP contribution in [0.25, 0.3) is 10.9 Å². The lowest BCUT2D eigenvalue weighted by Crippen LogP contribution is -1.97. The van der Waals surface area contributed by atoms with Gasteiger partial charge in [-0.25, -0.2) is 13.8 Å². The third-order valence-electron chi connectivity index (χ3n) is 2.34. The Morgan fingerprint density at radius 1 is 1.31 bits per heavy atom. The first-order chi connectivity index (χ1) is 7.49. The van der Waals surface area contributed by atoms with E-state index in [4.69, 9.17) is 17.3 Å². The molecule has 2 nitrogen and oxygen atoms in total. The number of nitrogens with zero attached hydrogens (tertiary/aromatic N) is 1. The summed E-state index contributed by atoms with van der Waals surface area (Å²) >= 11 is 5.87. The van der Waals surface area contributed by atoms with Crippen molar-refractivity contribution >= 4 is 28.2 Å². The van der Waals surface area contributed by atoms with E-state index in [0.717, 1.165) is 5.56 Å². The maximum Gasteiger partial charge on any atom is 0.280 e. The zero-order valence-electron chi connectivity index (χ0n) is 8.47. The van der Waals surface area contributed by atoms with Gasteiger partial charge in [-0.1, -0.05) is 11.6 Å². The second-order valence-electron chi connectivity index (χ2n) is 3.56. The minimum atomic E-state index is -2.62. The van der Waals surface area contributed by atoms with Crippen molar-refractivity contribution in [3.63, 3.8) is 0 Å². The van der Waals surface area contributed by atoms with Gasteiger partial charge in [0.15, 0.2) is 0 Å². The van der Waals surface area contributed by atoms with Crippen LogP contribution in [0.15, 0.2) is 18.2 Å². The van der Waals surface area contributed by atoms with Gasteiger partial charge in [0.1, 0.15) is 5.69 Å². The summed E-state index contributed by atoms with van der Waals surface area (Å²) in [6, 6.07) is 4.48. The van der Waals surface area contributed by atoms with E-state index >= 15 is 0 Å². The zero-order chi connectivity index (χ0) is 11.9. The van der Waals surface area contributed by atoms with E-state index in [2.05, 4.69) is 4.98 Å². The molecule has 0 aliphatic heterocycles. The highest BCUT2D eigenvalue weighted by Crippen LogP contribution is 2.29. The second kappa shape index (κ2) is 3.87. The number of alkyl halides is 2. The van der Waals surface area contributed by atoms with Crippen molar-refractivity contribution < 1.29 is 8.78 Å². The van der Waals surface area contributed by atoms with E-state index in [0.29, 0.717) is 15.9 Å².